The molecule has 0 aliphatic carbocycles. The molecule has 3 heterocycles. The summed E-state index contributed by atoms with van der Waals surface area (Å²) >= 11 is 5.60. The molecule has 8 nitrogen and oxygen atoms in total. The van der Waals surface area contributed by atoms with Crippen LogP contribution in [0.4, 0.5) is 0 Å². The molecule has 1 saturated heterocycles. The predicted molar refractivity (Wildman–Crippen MR) is 153 cm³/mol. The number of rotatable bonds is 10. The highest BCUT2D eigenvalue weighted by Crippen LogP contribution is 2.29. The van der Waals surface area contributed by atoms with Crippen LogP contribution in [0.3, 0.4) is 0 Å². The van der Waals surface area contributed by atoms with Gasteiger partial charge in [0, 0.05) is 42.8 Å². The molecule has 196 valence electrons. The average Bonchev–Trinajstić information content (AvgIpc) is 3.43. The first-order chi connectivity index (χ1) is 18.5. The molecular formula is C29H33N7OS. The lowest BCUT2D eigenvalue weighted by Crippen LogP contribution is -2.41. The molecule has 9 heteroatoms. The molecular weight excluding hydrogens is 494 g/mol. The Bertz CT molecular complexity index is 1460. The van der Waals surface area contributed by atoms with Gasteiger partial charge in [-0.3, -0.25) is 9.36 Å². The van der Waals surface area contributed by atoms with E-state index < -0.39 is 0 Å². The van der Waals surface area contributed by atoms with Gasteiger partial charge in [-0.2, -0.15) is 5.21 Å². The summed E-state index contributed by atoms with van der Waals surface area (Å²) in [5, 5.41) is 14.5. The van der Waals surface area contributed by atoms with E-state index in [0.29, 0.717) is 18.8 Å². The van der Waals surface area contributed by atoms with Gasteiger partial charge in [0.15, 0.2) is 0 Å². The van der Waals surface area contributed by atoms with Crippen molar-refractivity contribution in [3.8, 4) is 22.5 Å². The van der Waals surface area contributed by atoms with Gasteiger partial charge in [-0.25, -0.2) is 4.98 Å². The number of aromatic amines is 1. The van der Waals surface area contributed by atoms with Crippen LogP contribution in [0, 0.1) is 6.92 Å². The first kappa shape index (κ1) is 25.9. The lowest BCUT2D eigenvalue weighted by atomic mass is 9.98. The van der Waals surface area contributed by atoms with Crippen LogP contribution in [-0.4, -0.2) is 53.2 Å². The summed E-state index contributed by atoms with van der Waals surface area (Å²) < 4.78 is 1.87. The van der Waals surface area contributed by atoms with E-state index in [1.807, 2.05) is 29.7 Å². The van der Waals surface area contributed by atoms with Crippen molar-refractivity contribution in [3.05, 3.63) is 81.5 Å². The molecule has 4 aromatic rings. The summed E-state index contributed by atoms with van der Waals surface area (Å²) in [6.45, 7) is 6.67. The number of benzene rings is 2. The third-order valence-electron chi connectivity index (χ3n) is 7.22. The molecule has 0 atom stereocenters. The molecule has 2 aromatic carbocycles. The third-order valence-corrected chi connectivity index (χ3v) is 7.68. The van der Waals surface area contributed by atoms with Gasteiger partial charge in [-0.05, 0) is 48.1 Å². The number of aromatic nitrogens is 6. The molecule has 0 amide bonds. The van der Waals surface area contributed by atoms with E-state index in [2.05, 4.69) is 62.8 Å². The third kappa shape index (κ3) is 5.57. The number of H-pyrrole nitrogens is 1. The fraction of sp³-hybridized carbons (Fsp3) is 0.379. The second-order valence-corrected chi connectivity index (χ2v) is 10.3. The molecule has 5 rings (SSSR count). The first-order valence-electron chi connectivity index (χ1n) is 13.3. The van der Waals surface area contributed by atoms with Crippen molar-refractivity contribution in [2.45, 2.75) is 58.9 Å². The maximum atomic E-state index is 13.8. The molecule has 1 aliphatic heterocycles. The number of nitrogens with zero attached hydrogens (tertiary/aromatic N) is 6. The van der Waals surface area contributed by atoms with E-state index >= 15 is 0 Å². The van der Waals surface area contributed by atoms with Crippen LogP contribution < -0.4 is 5.56 Å². The van der Waals surface area contributed by atoms with E-state index in [1.165, 1.54) is 6.42 Å². The van der Waals surface area contributed by atoms with E-state index in [4.69, 9.17) is 17.2 Å². The monoisotopic (exact) mass is 527 g/mol. The van der Waals surface area contributed by atoms with E-state index in [-0.39, 0.29) is 5.56 Å². The second kappa shape index (κ2) is 11.8. The topological polar surface area (TPSA) is 92.6 Å². The van der Waals surface area contributed by atoms with E-state index in [9.17, 15) is 4.79 Å². The summed E-state index contributed by atoms with van der Waals surface area (Å²) in [5.41, 5.74) is 5.71. The smallest absolute Gasteiger partial charge is 0.257 e. The van der Waals surface area contributed by atoms with Crippen LogP contribution in [0.5, 0.6) is 0 Å². The van der Waals surface area contributed by atoms with Gasteiger partial charge in [0.25, 0.3) is 5.56 Å². The van der Waals surface area contributed by atoms with Crippen molar-refractivity contribution in [2.75, 3.05) is 13.1 Å². The number of nitrogens with one attached hydrogen (secondary N) is 1. The maximum absolute atomic E-state index is 13.8. The maximum Gasteiger partial charge on any atom is 0.257 e. The van der Waals surface area contributed by atoms with E-state index in [1.54, 1.807) is 0 Å². The summed E-state index contributed by atoms with van der Waals surface area (Å²) in [4.78, 5) is 21.8. The van der Waals surface area contributed by atoms with Crippen LogP contribution in [0.25, 0.3) is 22.5 Å². The SMILES string of the molecule is CCCCc1nc(C)c(CCC(=S)N2CCC2)c(=O)n1Cc1ccc(-c2ccccc2-c2nn[nH]n2)cc1. The Morgan fingerprint density at radius 1 is 1.05 bits per heavy atom. The molecule has 1 fully saturated rings. The molecule has 0 spiro atoms. The summed E-state index contributed by atoms with van der Waals surface area (Å²) in [7, 11) is 0. The van der Waals surface area contributed by atoms with Crippen molar-refractivity contribution in [3.63, 3.8) is 0 Å². The van der Waals surface area contributed by atoms with E-state index in [0.717, 1.165) is 83.1 Å². The van der Waals surface area contributed by atoms with Gasteiger partial charge in [-0.15, -0.1) is 10.2 Å². The fourth-order valence-electron chi connectivity index (χ4n) is 4.87. The Morgan fingerprint density at radius 2 is 1.82 bits per heavy atom. The minimum Gasteiger partial charge on any atom is -0.366 e. The zero-order valence-corrected chi connectivity index (χ0v) is 22.8. The minimum absolute atomic E-state index is 0.0570. The zero-order valence-electron chi connectivity index (χ0n) is 22.0. The van der Waals surface area contributed by atoms with Crippen LogP contribution in [0.15, 0.2) is 53.3 Å². The van der Waals surface area contributed by atoms with Crippen molar-refractivity contribution in [1.82, 2.24) is 35.1 Å². The van der Waals surface area contributed by atoms with Crippen LogP contribution in [0.1, 0.15) is 55.3 Å². The number of aryl methyl sites for hydroxylation is 2. The Labute approximate surface area is 228 Å². The zero-order chi connectivity index (χ0) is 26.5. The van der Waals surface area contributed by atoms with Crippen LogP contribution in [0.2, 0.25) is 0 Å². The lowest BCUT2D eigenvalue weighted by molar-refractivity contribution is 0.300. The summed E-state index contributed by atoms with van der Waals surface area (Å²) in [6.07, 6.45) is 5.38. The summed E-state index contributed by atoms with van der Waals surface area (Å²) in [6, 6.07) is 16.3. The van der Waals surface area contributed by atoms with Crippen LogP contribution >= 0.6 is 12.2 Å². The molecule has 38 heavy (non-hydrogen) atoms. The van der Waals surface area contributed by atoms with Gasteiger partial charge in [0.05, 0.1) is 11.5 Å². The van der Waals surface area contributed by atoms with Gasteiger partial charge < -0.3 is 4.90 Å². The number of hydrogen-bond donors (Lipinski definition) is 1. The highest BCUT2D eigenvalue weighted by molar-refractivity contribution is 7.80. The Morgan fingerprint density at radius 3 is 2.47 bits per heavy atom. The highest BCUT2D eigenvalue weighted by Gasteiger charge is 2.19. The standard InChI is InChI=1S/C29H33N7OS/c1-3-4-10-26-30-20(2)23(15-16-27(38)35-17-7-18-35)29(37)36(26)19-21-11-13-22(14-12-21)24-8-5-6-9-25(24)28-31-33-34-32-28/h5-6,8-9,11-14H,3-4,7,10,15-19H2,1-2H3,(H,31,32,33,34). The number of likely N-dealkylation sites (tertiary alicyclic amines) is 1. The molecule has 2 aromatic heterocycles. The number of thiocarbonyl (C=S) groups is 1. The Balaban J connectivity index is 1.41. The van der Waals surface area contributed by atoms with Crippen LogP contribution in [-0.2, 0) is 19.4 Å². The largest absolute Gasteiger partial charge is 0.366 e. The fourth-order valence-corrected chi connectivity index (χ4v) is 5.15. The molecule has 0 bridgehead atoms. The molecule has 1 N–H and O–H groups in total. The molecule has 1 aliphatic rings. The Hall–Kier alpha value is -3.72. The molecule has 0 radical (unpaired) electrons. The van der Waals surface area contributed by atoms with Gasteiger partial charge in [0.1, 0.15) is 5.82 Å². The molecule has 0 saturated carbocycles. The van der Waals surface area contributed by atoms with Crippen molar-refractivity contribution >= 4 is 17.2 Å². The quantitative estimate of drug-likeness (QED) is 0.297. The first-order valence-corrected chi connectivity index (χ1v) is 13.7. The predicted octanol–water partition coefficient (Wildman–Crippen LogP) is 4.76. The van der Waals surface area contributed by atoms with Crippen molar-refractivity contribution in [1.29, 1.82) is 0 Å². The van der Waals surface area contributed by atoms with Gasteiger partial charge in [0.2, 0.25) is 5.82 Å². The van der Waals surface area contributed by atoms with Crippen molar-refractivity contribution < 1.29 is 0 Å². The van der Waals surface area contributed by atoms with Crippen molar-refractivity contribution in [2.24, 2.45) is 0 Å². The highest BCUT2D eigenvalue weighted by atomic mass is 32.1. The van der Waals surface area contributed by atoms with Gasteiger partial charge >= 0.3 is 0 Å². The number of tetrazole rings is 1. The Kier molecular flexibility index (Phi) is 8.03. The van der Waals surface area contributed by atoms with Gasteiger partial charge in [-0.1, -0.05) is 74.1 Å². The number of unbranched alkanes of at least 4 members (excludes halogenated alkanes) is 1. The summed E-state index contributed by atoms with van der Waals surface area (Å²) in [5.74, 6) is 1.42. The minimum atomic E-state index is 0.0570. The second-order valence-electron chi connectivity index (χ2n) is 9.80. The normalized spacial score (nSPS) is 12.9. The average molecular weight is 528 g/mol. The molecule has 0 unspecified atom stereocenters. The number of hydrogen-bond acceptors (Lipinski definition) is 6. The lowest BCUT2D eigenvalue weighted by Gasteiger charge is -2.33.